The lowest BCUT2D eigenvalue weighted by atomic mass is 10.0. The second-order valence-corrected chi connectivity index (χ2v) is 5.45. The van der Waals surface area contributed by atoms with Gasteiger partial charge in [0.1, 0.15) is 0 Å². The zero-order valence-electron chi connectivity index (χ0n) is 11.1. The number of carbonyl (C=O) groups excluding carboxylic acids is 1. The smallest absolute Gasteiger partial charge is 0.224 e. The van der Waals surface area contributed by atoms with Crippen molar-refractivity contribution < 1.29 is 4.79 Å². The summed E-state index contributed by atoms with van der Waals surface area (Å²) in [6.07, 6.45) is 2.96. The summed E-state index contributed by atoms with van der Waals surface area (Å²) in [6.45, 7) is 9.48. The third-order valence-corrected chi connectivity index (χ3v) is 4.04. The molecular weight excluding hydrogens is 214 g/mol. The van der Waals surface area contributed by atoms with Crippen molar-refractivity contribution in [2.75, 3.05) is 32.7 Å². The number of carbonyl (C=O) groups is 1. The van der Waals surface area contributed by atoms with Crippen LogP contribution < -0.4 is 5.32 Å². The van der Waals surface area contributed by atoms with Crippen LogP contribution in [0.2, 0.25) is 0 Å². The average Bonchev–Trinajstić information content (AvgIpc) is 2.54. The second kappa shape index (κ2) is 5.83. The third-order valence-electron chi connectivity index (χ3n) is 4.04. The molecule has 2 aliphatic heterocycles. The predicted molar refractivity (Wildman–Crippen MR) is 68.9 cm³/mol. The highest BCUT2D eigenvalue weighted by Gasteiger charge is 2.28. The van der Waals surface area contributed by atoms with E-state index in [9.17, 15) is 4.79 Å². The monoisotopic (exact) mass is 239 g/mol. The molecule has 0 unspecified atom stereocenters. The van der Waals surface area contributed by atoms with Crippen LogP contribution >= 0.6 is 0 Å². The summed E-state index contributed by atoms with van der Waals surface area (Å²) in [7, 11) is 0. The van der Waals surface area contributed by atoms with Crippen LogP contribution in [0.1, 0.15) is 33.1 Å². The van der Waals surface area contributed by atoms with E-state index in [0.717, 1.165) is 45.6 Å². The van der Waals surface area contributed by atoms with Crippen molar-refractivity contribution in [3.63, 3.8) is 0 Å². The lowest BCUT2D eigenvalue weighted by Gasteiger charge is -2.39. The highest BCUT2D eigenvalue weighted by atomic mass is 16.2. The molecule has 2 fully saturated rings. The Morgan fingerprint density at radius 3 is 2.53 bits per heavy atom. The summed E-state index contributed by atoms with van der Waals surface area (Å²) in [6, 6.07) is 1.12. The van der Waals surface area contributed by atoms with E-state index >= 15 is 0 Å². The third kappa shape index (κ3) is 3.19. The molecule has 1 N–H and O–H groups in total. The Kier molecular flexibility index (Phi) is 4.40. The highest BCUT2D eigenvalue weighted by molar-refractivity contribution is 5.77. The molecule has 0 bridgehead atoms. The molecule has 2 heterocycles. The van der Waals surface area contributed by atoms with Crippen LogP contribution in [0.25, 0.3) is 0 Å². The molecule has 17 heavy (non-hydrogen) atoms. The van der Waals surface area contributed by atoms with Crippen molar-refractivity contribution in [1.82, 2.24) is 15.1 Å². The first kappa shape index (κ1) is 12.8. The molecule has 2 rings (SSSR count). The van der Waals surface area contributed by atoms with Gasteiger partial charge in [0, 0.05) is 51.2 Å². The first-order chi connectivity index (χ1) is 8.18. The Labute approximate surface area is 104 Å². The zero-order chi connectivity index (χ0) is 12.3. The van der Waals surface area contributed by atoms with E-state index in [1.807, 2.05) is 0 Å². The Balaban J connectivity index is 1.88. The first-order valence-corrected chi connectivity index (χ1v) is 6.92. The van der Waals surface area contributed by atoms with Crippen molar-refractivity contribution in [1.29, 1.82) is 0 Å². The number of likely N-dealkylation sites (tertiary alicyclic amines) is 1. The fourth-order valence-corrected chi connectivity index (χ4v) is 2.89. The first-order valence-electron chi connectivity index (χ1n) is 6.92. The van der Waals surface area contributed by atoms with Gasteiger partial charge < -0.3 is 15.1 Å². The predicted octanol–water partition coefficient (Wildman–Crippen LogP) is 0.681. The van der Waals surface area contributed by atoms with Gasteiger partial charge in [-0.1, -0.05) is 0 Å². The molecule has 0 aromatic heterocycles. The quantitative estimate of drug-likeness (QED) is 0.770. The van der Waals surface area contributed by atoms with Gasteiger partial charge in [0.05, 0.1) is 0 Å². The van der Waals surface area contributed by atoms with Gasteiger partial charge in [-0.25, -0.2) is 0 Å². The van der Waals surface area contributed by atoms with Crippen LogP contribution in [0.3, 0.4) is 0 Å². The topological polar surface area (TPSA) is 35.6 Å². The molecule has 2 saturated heterocycles. The van der Waals surface area contributed by atoms with E-state index in [1.165, 1.54) is 0 Å². The van der Waals surface area contributed by atoms with Crippen molar-refractivity contribution >= 4 is 5.91 Å². The van der Waals surface area contributed by atoms with Crippen molar-refractivity contribution in [3.8, 4) is 0 Å². The molecule has 0 saturated carbocycles. The molecule has 0 atom stereocenters. The van der Waals surface area contributed by atoms with Gasteiger partial charge in [-0.15, -0.1) is 0 Å². The molecule has 4 heteroatoms. The maximum absolute atomic E-state index is 12.0. The number of nitrogens with zero attached hydrogens (tertiary/aromatic N) is 2. The fourth-order valence-electron chi connectivity index (χ4n) is 2.89. The minimum atomic E-state index is 0.345. The lowest BCUT2D eigenvalue weighted by molar-refractivity contribution is -0.133. The summed E-state index contributed by atoms with van der Waals surface area (Å²) < 4.78 is 0. The van der Waals surface area contributed by atoms with E-state index in [1.54, 1.807) is 0 Å². The van der Waals surface area contributed by atoms with E-state index < -0.39 is 0 Å². The van der Waals surface area contributed by atoms with Crippen LogP contribution in [0.5, 0.6) is 0 Å². The Morgan fingerprint density at radius 2 is 1.88 bits per heavy atom. The summed E-state index contributed by atoms with van der Waals surface area (Å²) >= 11 is 0. The van der Waals surface area contributed by atoms with Gasteiger partial charge in [0.2, 0.25) is 5.91 Å². The van der Waals surface area contributed by atoms with Crippen molar-refractivity contribution in [2.45, 2.75) is 45.2 Å². The minimum Gasteiger partial charge on any atom is -0.338 e. The number of piperidine rings is 1. The minimum absolute atomic E-state index is 0.345. The van der Waals surface area contributed by atoms with E-state index in [4.69, 9.17) is 0 Å². The van der Waals surface area contributed by atoms with Gasteiger partial charge in [-0.3, -0.25) is 4.79 Å². The maximum atomic E-state index is 12.0. The van der Waals surface area contributed by atoms with E-state index in [-0.39, 0.29) is 0 Å². The summed E-state index contributed by atoms with van der Waals surface area (Å²) in [5, 5.41) is 3.30. The average molecular weight is 239 g/mol. The molecule has 0 aromatic rings. The summed E-state index contributed by atoms with van der Waals surface area (Å²) in [5.74, 6) is 0.345. The molecular formula is C13H25N3O. The number of amides is 1. The Bertz CT molecular complexity index is 259. The Hall–Kier alpha value is -0.610. The van der Waals surface area contributed by atoms with Gasteiger partial charge in [0.15, 0.2) is 0 Å². The van der Waals surface area contributed by atoms with Crippen LogP contribution in [-0.4, -0.2) is 60.5 Å². The van der Waals surface area contributed by atoms with Gasteiger partial charge in [-0.2, -0.15) is 0 Å². The summed E-state index contributed by atoms with van der Waals surface area (Å²) in [4.78, 5) is 16.6. The van der Waals surface area contributed by atoms with Crippen LogP contribution in [0, 0.1) is 0 Å². The van der Waals surface area contributed by atoms with Gasteiger partial charge in [0.25, 0.3) is 0 Å². The molecule has 2 aliphatic rings. The fraction of sp³-hybridized carbons (Fsp3) is 0.923. The molecule has 98 valence electrons. The summed E-state index contributed by atoms with van der Waals surface area (Å²) in [5.41, 5.74) is 0. The van der Waals surface area contributed by atoms with Gasteiger partial charge in [-0.05, 0) is 26.7 Å². The molecule has 1 amide bonds. The van der Waals surface area contributed by atoms with Crippen LogP contribution in [0.4, 0.5) is 0 Å². The number of hydrogen-bond acceptors (Lipinski definition) is 3. The van der Waals surface area contributed by atoms with E-state index in [2.05, 4.69) is 29.0 Å². The number of rotatable bonds is 2. The molecule has 0 aliphatic carbocycles. The normalized spacial score (nSPS) is 25.4. The standard InChI is InChI=1S/C13H25N3O/c1-11(2)15-8-4-12(5-9-15)16-10-7-14-6-3-13(16)17/h11-12,14H,3-10H2,1-2H3. The van der Waals surface area contributed by atoms with Crippen LogP contribution in [0.15, 0.2) is 0 Å². The molecule has 0 aromatic carbocycles. The van der Waals surface area contributed by atoms with E-state index in [0.29, 0.717) is 24.4 Å². The van der Waals surface area contributed by atoms with Gasteiger partial charge >= 0.3 is 0 Å². The molecule has 0 radical (unpaired) electrons. The molecule has 0 spiro atoms. The lowest BCUT2D eigenvalue weighted by Crippen LogP contribution is -2.49. The van der Waals surface area contributed by atoms with Crippen molar-refractivity contribution in [2.24, 2.45) is 0 Å². The van der Waals surface area contributed by atoms with Crippen molar-refractivity contribution in [3.05, 3.63) is 0 Å². The molecule has 4 nitrogen and oxygen atoms in total. The Morgan fingerprint density at radius 1 is 1.18 bits per heavy atom. The number of nitrogens with one attached hydrogen (secondary N) is 1. The second-order valence-electron chi connectivity index (χ2n) is 5.45. The van der Waals surface area contributed by atoms with Crippen LogP contribution in [-0.2, 0) is 4.79 Å². The highest BCUT2D eigenvalue weighted by Crippen LogP contribution is 2.19. The zero-order valence-corrected chi connectivity index (χ0v) is 11.1. The SMILES string of the molecule is CC(C)N1CCC(N2CCNCCC2=O)CC1. The maximum Gasteiger partial charge on any atom is 0.224 e. The number of hydrogen-bond donors (Lipinski definition) is 1. The largest absolute Gasteiger partial charge is 0.338 e.